The molecular weight excluding hydrogens is 222 g/mol. The van der Waals surface area contributed by atoms with Crippen molar-refractivity contribution in [1.29, 1.82) is 0 Å². The topological polar surface area (TPSA) is 12.5 Å². The third kappa shape index (κ3) is 4.79. The molecule has 2 nitrogen and oxygen atoms in total. The van der Waals surface area contributed by atoms with Crippen molar-refractivity contribution in [2.45, 2.75) is 38.2 Å². The van der Waals surface area contributed by atoms with E-state index in [1.54, 1.807) is 0 Å². The standard InChI is InChI=1S/C16H25NO/c1-17(12-5-9-16-10-6-14-18-16)13-11-15-7-3-2-4-8-15/h2-4,7-8,16H,5-6,9-14H2,1H3/t16-/m1/s1. The molecule has 0 spiro atoms. The minimum atomic E-state index is 0.549. The van der Waals surface area contributed by atoms with E-state index in [-0.39, 0.29) is 0 Å². The molecule has 1 saturated heterocycles. The van der Waals surface area contributed by atoms with E-state index in [0.29, 0.717) is 6.10 Å². The van der Waals surface area contributed by atoms with E-state index in [9.17, 15) is 0 Å². The van der Waals surface area contributed by atoms with Crippen molar-refractivity contribution >= 4 is 0 Å². The Kier molecular flexibility index (Phi) is 5.69. The summed E-state index contributed by atoms with van der Waals surface area (Å²) in [5.74, 6) is 0. The van der Waals surface area contributed by atoms with E-state index < -0.39 is 0 Å². The summed E-state index contributed by atoms with van der Waals surface area (Å²) in [6.07, 6.45) is 6.72. The van der Waals surface area contributed by atoms with Crippen LogP contribution in [0.5, 0.6) is 0 Å². The maximum Gasteiger partial charge on any atom is 0.0576 e. The number of hydrogen-bond acceptors (Lipinski definition) is 2. The molecule has 0 aliphatic carbocycles. The van der Waals surface area contributed by atoms with Crippen LogP contribution in [-0.4, -0.2) is 37.7 Å². The highest BCUT2D eigenvalue weighted by Crippen LogP contribution is 2.16. The summed E-state index contributed by atoms with van der Waals surface area (Å²) in [6, 6.07) is 10.7. The van der Waals surface area contributed by atoms with Gasteiger partial charge in [0.1, 0.15) is 0 Å². The van der Waals surface area contributed by atoms with E-state index in [1.807, 2.05) is 0 Å². The second kappa shape index (κ2) is 7.55. The Morgan fingerprint density at radius 1 is 1.22 bits per heavy atom. The van der Waals surface area contributed by atoms with Gasteiger partial charge in [-0.2, -0.15) is 0 Å². The van der Waals surface area contributed by atoms with Crippen LogP contribution in [0, 0.1) is 0 Å². The SMILES string of the molecule is CN(CCC[C@@H]1CCCO1)CCc1ccccc1. The molecule has 18 heavy (non-hydrogen) atoms. The normalized spacial score (nSPS) is 19.6. The van der Waals surface area contributed by atoms with Crippen LogP contribution in [0.4, 0.5) is 0 Å². The average molecular weight is 247 g/mol. The van der Waals surface area contributed by atoms with Gasteiger partial charge in [0.2, 0.25) is 0 Å². The smallest absolute Gasteiger partial charge is 0.0576 e. The van der Waals surface area contributed by atoms with Gasteiger partial charge in [0.25, 0.3) is 0 Å². The average Bonchev–Trinajstić information content (AvgIpc) is 2.91. The first kappa shape index (κ1) is 13.6. The Bertz CT molecular complexity index is 319. The van der Waals surface area contributed by atoms with Gasteiger partial charge in [0.15, 0.2) is 0 Å². The lowest BCUT2D eigenvalue weighted by Crippen LogP contribution is -2.23. The van der Waals surface area contributed by atoms with Crippen LogP contribution in [0.1, 0.15) is 31.2 Å². The number of rotatable bonds is 7. The summed E-state index contributed by atoms with van der Waals surface area (Å²) in [5.41, 5.74) is 1.43. The Balaban J connectivity index is 1.56. The molecule has 0 radical (unpaired) electrons. The monoisotopic (exact) mass is 247 g/mol. The molecule has 0 unspecified atom stereocenters. The van der Waals surface area contributed by atoms with Gasteiger partial charge in [0, 0.05) is 13.2 Å². The summed E-state index contributed by atoms with van der Waals surface area (Å²) in [5, 5.41) is 0. The molecule has 0 aromatic heterocycles. The molecule has 1 aliphatic rings. The van der Waals surface area contributed by atoms with Crippen molar-refractivity contribution in [3.8, 4) is 0 Å². The second-order valence-electron chi connectivity index (χ2n) is 5.32. The van der Waals surface area contributed by atoms with Crippen molar-refractivity contribution in [3.05, 3.63) is 35.9 Å². The number of ether oxygens (including phenoxy) is 1. The second-order valence-corrected chi connectivity index (χ2v) is 5.32. The molecule has 1 atom stereocenters. The zero-order valence-electron chi connectivity index (χ0n) is 11.5. The minimum Gasteiger partial charge on any atom is -0.378 e. The van der Waals surface area contributed by atoms with Crippen LogP contribution >= 0.6 is 0 Å². The fraction of sp³-hybridized carbons (Fsp3) is 0.625. The lowest BCUT2D eigenvalue weighted by Gasteiger charge is -2.17. The third-order valence-corrected chi connectivity index (χ3v) is 3.71. The Hall–Kier alpha value is -0.860. The molecule has 1 heterocycles. The van der Waals surface area contributed by atoms with Crippen molar-refractivity contribution < 1.29 is 4.74 Å². The van der Waals surface area contributed by atoms with Crippen LogP contribution in [0.25, 0.3) is 0 Å². The van der Waals surface area contributed by atoms with E-state index in [1.165, 1.54) is 37.8 Å². The molecule has 2 rings (SSSR count). The Morgan fingerprint density at radius 3 is 2.78 bits per heavy atom. The zero-order chi connectivity index (χ0) is 12.6. The fourth-order valence-electron chi connectivity index (χ4n) is 2.54. The van der Waals surface area contributed by atoms with Crippen molar-refractivity contribution in [2.24, 2.45) is 0 Å². The molecule has 0 bridgehead atoms. The van der Waals surface area contributed by atoms with Gasteiger partial charge < -0.3 is 9.64 Å². The van der Waals surface area contributed by atoms with Crippen LogP contribution in [0.2, 0.25) is 0 Å². The van der Waals surface area contributed by atoms with E-state index in [0.717, 1.165) is 19.6 Å². The van der Waals surface area contributed by atoms with Crippen LogP contribution in [0.15, 0.2) is 30.3 Å². The number of likely N-dealkylation sites (N-methyl/N-ethyl adjacent to an activating group) is 1. The first-order chi connectivity index (χ1) is 8.84. The highest BCUT2D eigenvalue weighted by Gasteiger charge is 2.14. The Morgan fingerprint density at radius 2 is 2.06 bits per heavy atom. The van der Waals surface area contributed by atoms with Crippen LogP contribution in [-0.2, 0) is 11.2 Å². The third-order valence-electron chi connectivity index (χ3n) is 3.71. The Labute approximate surface area is 111 Å². The van der Waals surface area contributed by atoms with Crippen molar-refractivity contribution in [3.63, 3.8) is 0 Å². The van der Waals surface area contributed by atoms with Gasteiger partial charge in [-0.3, -0.25) is 0 Å². The first-order valence-electron chi connectivity index (χ1n) is 7.18. The van der Waals surface area contributed by atoms with E-state index >= 15 is 0 Å². The maximum absolute atomic E-state index is 5.65. The van der Waals surface area contributed by atoms with E-state index in [4.69, 9.17) is 4.74 Å². The van der Waals surface area contributed by atoms with Gasteiger partial charge in [-0.1, -0.05) is 30.3 Å². The summed E-state index contributed by atoms with van der Waals surface area (Å²) in [7, 11) is 2.22. The minimum absolute atomic E-state index is 0.549. The van der Waals surface area contributed by atoms with E-state index in [2.05, 4.69) is 42.3 Å². The largest absolute Gasteiger partial charge is 0.378 e. The predicted octanol–water partition coefficient (Wildman–Crippen LogP) is 3.12. The molecule has 0 N–H and O–H groups in total. The molecule has 100 valence electrons. The molecule has 0 amide bonds. The molecule has 1 aliphatic heterocycles. The maximum atomic E-state index is 5.65. The lowest BCUT2D eigenvalue weighted by molar-refractivity contribution is 0.0997. The summed E-state index contributed by atoms with van der Waals surface area (Å²) >= 11 is 0. The van der Waals surface area contributed by atoms with Crippen molar-refractivity contribution in [1.82, 2.24) is 4.90 Å². The zero-order valence-corrected chi connectivity index (χ0v) is 11.5. The first-order valence-corrected chi connectivity index (χ1v) is 7.18. The van der Waals surface area contributed by atoms with Gasteiger partial charge >= 0.3 is 0 Å². The summed E-state index contributed by atoms with van der Waals surface area (Å²) in [6.45, 7) is 3.32. The van der Waals surface area contributed by atoms with Gasteiger partial charge in [0.05, 0.1) is 6.10 Å². The molecule has 1 aromatic rings. The fourth-order valence-corrected chi connectivity index (χ4v) is 2.54. The molecule has 1 aromatic carbocycles. The molecular formula is C16H25NO. The van der Waals surface area contributed by atoms with Crippen LogP contribution < -0.4 is 0 Å². The highest BCUT2D eigenvalue weighted by atomic mass is 16.5. The van der Waals surface area contributed by atoms with Gasteiger partial charge in [-0.15, -0.1) is 0 Å². The van der Waals surface area contributed by atoms with Crippen LogP contribution in [0.3, 0.4) is 0 Å². The van der Waals surface area contributed by atoms with Crippen molar-refractivity contribution in [2.75, 3.05) is 26.7 Å². The molecule has 2 heteroatoms. The highest BCUT2D eigenvalue weighted by molar-refractivity contribution is 5.14. The van der Waals surface area contributed by atoms with Gasteiger partial charge in [-0.05, 0) is 51.3 Å². The molecule has 0 saturated carbocycles. The number of benzene rings is 1. The number of hydrogen-bond donors (Lipinski definition) is 0. The number of nitrogens with zero attached hydrogens (tertiary/aromatic N) is 1. The quantitative estimate of drug-likeness (QED) is 0.734. The lowest BCUT2D eigenvalue weighted by atomic mass is 10.1. The van der Waals surface area contributed by atoms with Gasteiger partial charge in [-0.25, -0.2) is 0 Å². The summed E-state index contributed by atoms with van der Waals surface area (Å²) < 4.78 is 5.65. The summed E-state index contributed by atoms with van der Waals surface area (Å²) in [4.78, 5) is 2.43. The predicted molar refractivity (Wildman–Crippen MR) is 75.9 cm³/mol. The molecule has 1 fully saturated rings.